The third kappa shape index (κ3) is 11.2. The Morgan fingerprint density at radius 3 is 2.80 bits per heavy atom. The lowest BCUT2D eigenvalue weighted by molar-refractivity contribution is -0.121. The van der Waals surface area contributed by atoms with Gasteiger partial charge in [0.15, 0.2) is 0 Å². The molecule has 1 amide bonds. The van der Waals surface area contributed by atoms with Crippen LogP contribution in [0, 0.1) is 0 Å². The van der Waals surface area contributed by atoms with E-state index in [0.29, 0.717) is 26.2 Å². The van der Waals surface area contributed by atoms with Gasteiger partial charge >= 0.3 is 0 Å². The molecule has 1 heterocycles. The molecule has 0 spiro atoms. The first-order valence-electron chi connectivity index (χ1n) is 8.91. The van der Waals surface area contributed by atoms with E-state index in [2.05, 4.69) is 15.6 Å². The second kappa shape index (κ2) is 13.1. The van der Waals surface area contributed by atoms with Crippen LogP contribution in [-0.4, -0.2) is 51.8 Å². The van der Waals surface area contributed by atoms with E-state index in [1.54, 1.807) is 11.8 Å². The van der Waals surface area contributed by atoms with Crippen molar-refractivity contribution in [1.29, 1.82) is 0 Å². The van der Waals surface area contributed by atoms with Crippen molar-refractivity contribution in [2.24, 2.45) is 0 Å². The molecule has 7 nitrogen and oxygen atoms in total. The maximum atomic E-state index is 11.5. The van der Waals surface area contributed by atoms with E-state index < -0.39 is 0 Å². The number of carbonyl (C=O) groups excluding carboxylic acids is 1. The monoisotopic (exact) mass is 372 g/mol. The van der Waals surface area contributed by atoms with Crippen molar-refractivity contribution in [1.82, 2.24) is 20.3 Å². The molecule has 1 unspecified atom stereocenters. The number of nitrogens with zero attached hydrogens (tertiary/aromatic N) is 3. The van der Waals surface area contributed by atoms with Crippen LogP contribution in [0.2, 0.25) is 0 Å². The molecular weight excluding hydrogens is 340 g/mol. The summed E-state index contributed by atoms with van der Waals surface area (Å²) in [5, 5.41) is 11.1. The summed E-state index contributed by atoms with van der Waals surface area (Å²) in [6, 6.07) is 0.212. The van der Waals surface area contributed by atoms with Crippen LogP contribution in [0.4, 0.5) is 0 Å². The van der Waals surface area contributed by atoms with Crippen LogP contribution in [0.25, 0.3) is 0 Å². The van der Waals surface area contributed by atoms with Crippen LogP contribution in [0.15, 0.2) is 6.20 Å². The molecule has 0 fully saturated rings. The van der Waals surface area contributed by atoms with Gasteiger partial charge in [-0.1, -0.05) is 11.6 Å². The molecule has 8 heteroatoms. The van der Waals surface area contributed by atoms with Crippen molar-refractivity contribution in [2.45, 2.75) is 71.1 Å². The van der Waals surface area contributed by atoms with Crippen molar-refractivity contribution in [3.63, 3.8) is 0 Å². The smallest absolute Gasteiger partial charge is 0.220 e. The first-order chi connectivity index (χ1) is 12.0. The number of unbranched alkanes of at least 4 members (excludes halogenated alkanes) is 2. The van der Waals surface area contributed by atoms with E-state index in [1.165, 1.54) is 0 Å². The van der Waals surface area contributed by atoms with Crippen molar-refractivity contribution >= 4 is 17.7 Å². The number of rotatable bonds is 14. The number of hydrogen-bond donors (Lipinski definition) is 1. The van der Waals surface area contributed by atoms with Crippen LogP contribution in [-0.2, 0) is 27.4 Å². The minimum absolute atomic E-state index is 0.131. The van der Waals surface area contributed by atoms with Gasteiger partial charge in [-0.15, -0.1) is 16.9 Å². The molecule has 1 aromatic heterocycles. The van der Waals surface area contributed by atoms with Gasteiger partial charge in [0.2, 0.25) is 5.91 Å². The van der Waals surface area contributed by atoms with Gasteiger partial charge in [0.1, 0.15) is 5.69 Å². The van der Waals surface area contributed by atoms with Gasteiger partial charge < -0.3 is 14.8 Å². The van der Waals surface area contributed by atoms with Gasteiger partial charge in [-0.05, 0) is 39.9 Å². The lowest BCUT2D eigenvalue weighted by atomic mass is 10.2. The van der Waals surface area contributed by atoms with Gasteiger partial charge in [-0.3, -0.25) is 9.48 Å². The first kappa shape index (κ1) is 21.9. The van der Waals surface area contributed by atoms with Crippen molar-refractivity contribution in [2.75, 3.05) is 19.5 Å². The molecule has 1 aromatic rings. The Bertz CT molecular complexity index is 482. The first-order valence-corrected chi connectivity index (χ1v) is 10.2. The van der Waals surface area contributed by atoms with Crippen molar-refractivity contribution in [3.8, 4) is 0 Å². The zero-order chi connectivity index (χ0) is 18.5. The highest BCUT2D eigenvalue weighted by Crippen LogP contribution is 2.06. The topological polar surface area (TPSA) is 78.3 Å². The summed E-state index contributed by atoms with van der Waals surface area (Å²) in [7, 11) is 0. The zero-order valence-electron chi connectivity index (χ0n) is 15.9. The lowest BCUT2D eigenvalue weighted by Gasteiger charge is -2.09. The fraction of sp³-hybridized carbons (Fsp3) is 0.824. The molecule has 0 saturated heterocycles. The molecule has 0 saturated carbocycles. The zero-order valence-corrected chi connectivity index (χ0v) is 16.7. The second-order valence-corrected chi connectivity index (χ2v) is 7.37. The largest absolute Gasteiger partial charge is 0.373 e. The van der Waals surface area contributed by atoms with E-state index in [-0.39, 0.29) is 17.4 Å². The standard InChI is InChI=1S/C17H32N4O3S/c1-14(2)18-17(22)8-6-5-7-9-21-12-16(19-20-21)13-23-10-11-24-15(3)25-4/h12,14-15H,5-11,13H2,1-4H3,(H,18,22). The maximum absolute atomic E-state index is 11.5. The summed E-state index contributed by atoms with van der Waals surface area (Å²) in [5.41, 5.74) is 1.02. The van der Waals surface area contributed by atoms with E-state index in [1.807, 2.05) is 37.9 Å². The van der Waals surface area contributed by atoms with Gasteiger partial charge in [-0.2, -0.15) is 0 Å². The summed E-state index contributed by atoms with van der Waals surface area (Å²) in [4.78, 5) is 11.5. The molecule has 0 radical (unpaired) electrons. The molecule has 1 rings (SSSR count). The summed E-state index contributed by atoms with van der Waals surface area (Å²) in [6.07, 6.45) is 7.41. The van der Waals surface area contributed by atoms with Gasteiger partial charge in [0.25, 0.3) is 0 Å². The number of thioether (sulfide) groups is 1. The molecule has 0 aliphatic rings. The molecule has 0 aliphatic carbocycles. The van der Waals surface area contributed by atoms with Crippen LogP contribution < -0.4 is 5.32 Å². The lowest BCUT2D eigenvalue weighted by Crippen LogP contribution is -2.29. The Morgan fingerprint density at radius 1 is 1.28 bits per heavy atom. The summed E-state index contributed by atoms with van der Waals surface area (Å²) < 4.78 is 12.9. The fourth-order valence-electron chi connectivity index (χ4n) is 2.16. The molecule has 144 valence electrons. The fourth-order valence-corrected chi connectivity index (χ4v) is 2.39. The molecule has 25 heavy (non-hydrogen) atoms. The SMILES string of the molecule is CSC(C)OCCOCc1cn(CCCCCC(=O)NC(C)C)nn1. The number of aryl methyl sites for hydroxylation is 1. The molecule has 0 aromatic carbocycles. The average molecular weight is 373 g/mol. The van der Waals surface area contributed by atoms with Crippen molar-refractivity contribution < 1.29 is 14.3 Å². The summed E-state index contributed by atoms with van der Waals surface area (Å²) >= 11 is 1.67. The van der Waals surface area contributed by atoms with E-state index in [9.17, 15) is 4.79 Å². The number of aromatic nitrogens is 3. The highest BCUT2D eigenvalue weighted by Gasteiger charge is 2.04. The molecular formula is C17H32N4O3S. The number of ether oxygens (including phenoxy) is 2. The normalized spacial score (nSPS) is 12.5. The predicted molar refractivity (Wildman–Crippen MR) is 100 cm³/mol. The third-order valence-corrected chi connectivity index (χ3v) is 4.29. The van der Waals surface area contributed by atoms with Crippen LogP contribution in [0.1, 0.15) is 52.1 Å². The highest BCUT2D eigenvalue weighted by atomic mass is 32.2. The number of nitrogens with one attached hydrogen (secondary N) is 1. The Kier molecular flexibility index (Phi) is 11.5. The van der Waals surface area contributed by atoms with E-state index >= 15 is 0 Å². The van der Waals surface area contributed by atoms with Gasteiger partial charge in [0.05, 0.1) is 31.5 Å². The Labute approximate surface area is 155 Å². The van der Waals surface area contributed by atoms with Crippen molar-refractivity contribution in [3.05, 3.63) is 11.9 Å². The second-order valence-electron chi connectivity index (χ2n) is 6.23. The van der Waals surface area contributed by atoms with Crippen LogP contribution >= 0.6 is 11.8 Å². The Balaban J connectivity index is 2.06. The minimum atomic E-state index is 0.131. The van der Waals surface area contributed by atoms with E-state index in [0.717, 1.165) is 31.5 Å². The Morgan fingerprint density at radius 2 is 2.08 bits per heavy atom. The molecule has 1 atom stereocenters. The molecule has 1 N–H and O–H groups in total. The quantitative estimate of drug-likeness (QED) is 0.399. The highest BCUT2D eigenvalue weighted by molar-refractivity contribution is 7.99. The number of amides is 1. The molecule has 0 aliphatic heterocycles. The predicted octanol–water partition coefficient (Wildman–Crippen LogP) is 2.61. The average Bonchev–Trinajstić information content (AvgIpc) is 3.01. The number of carbonyl (C=O) groups is 1. The van der Waals surface area contributed by atoms with E-state index in [4.69, 9.17) is 9.47 Å². The van der Waals surface area contributed by atoms with Gasteiger partial charge in [0, 0.05) is 19.0 Å². The Hall–Kier alpha value is -1.12. The number of hydrogen-bond acceptors (Lipinski definition) is 6. The van der Waals surface area contributed by atoms with Gasteiger partial charge in [-0.25, -0.2) is 0 Å². The summed E-state index contributed by atoms with van der Waals surface area (Å²) in [6.45, 7) is 8.37. The third-order valence-electron chi connectivity index (χ3n) is 3.49. The maximum Gasteiger partial charge on any atom is 0.220 e. The summed E-state index contributed by atoms with van der Waals surface area (Å²) in [5.74, 6) is 0.131. The van der Waals surface area contributed by atoms with Crippen LogP contribution in [0.3, 0.4) is 0 Å². The molecule has 0 bridgehead atoms. The van der Waals surface area contributed by atoms with Crippen LogP contribution in [0.5, 0.6) is 0 Å². The minimum Gasteiger partial charge on any atom is -0.373 e.